The molecule has 112 valence electrons. The molecule has 20 heavy (non-hydrogen) atoms. The number of carboxylic acid groups (broad SMARTS) is 1. The second-order valence-electron chi connectivity index (χ2n) is 4.25. The van der Waals surface area contributed by atoms with E-state index in [9.17, 15) is 9.59 Å². The summed E-state index contributed by atoms with van der Waals surface area (Å²) in [5.74, 6) is -1.12. The van der Waals surface area contributed by atoms with Gasteiger partial charge < -0.3 is 20.5 Å². The van der Waals surface area contributed by atoms with Crippen molar-refractivity contribution < 1.29 is 19.4 Å². The van der Waals surface area contributed by atoms with Crippen LogP contribution in [0.1, 0.15) is 18.2 Å². The largest absolute Gasteiger partial charge is 0.479 e. The summed E-state index contributed by atoms with van der Waals surface area (Å²) in [6.07, 6.45) is 1.57. The topological polar surface area (TPSA) is 105 Å². The van der Waals surface area contributed by atoms with Crippen LogP contribution in [0, 0.1) is 0 Å². The fourth-order valence-corrected chi connectivity index (χ4v) is 1.72. The lowest BCUT2D eigenvalue weighted by atomic mass is 10.2. The molecule has 0 spiro atoms. The van der Waals surface area contributed by atoms with Gasteiger partial charge in [-0.1, -0.05) is 6.92 Å². The van der Waals surface area contributed by atoms with Crippen LogP contribution in [-0.4, -0.2) is 46.6 Å². The second-order valence-corrected chi connectivity index (χ2v) is 4.25. The zero-order valence-electron chi connectivity index (χ0n) is 11.8. The Balaban J connectivity index is 2.41. The van der Waals surface area contributed by atoms with Crippen molar-refractivity contribution in [3.63, 3.8) is 0 Å². The van der Waals surface area contributed by atoms with Crippen molar-refractivity contribution in [3.8, 4) is 0 Å². The fourth-order valence-electron chi connectivity index (χ4n) is 1.72. The van der Waals surface area contributed by atoms with Crippen molar-refractivity contribution in [2.75, 3.05) is 13.7 Å². The zero-order chi connectivity index (χ0) is 15.1. The number of ether oxygens (including phenoxy) is 1. The summed E-state index contributed by atoms with van der Waals surface area (Å²) < 4.78 is 6.40. The molecule has 0 aliphatic heterocycles. The molecular formula is C12H20N4O4. The van der Waals surface area contributed by atoms with Crippen LogP contribution in [0.25, 0.3) is 0 Å². The van der Waals surface area contributed by atoms with Crippen molar-refractivity contribution in [2.45, 2.75) is 26.0 Å². The van der Waals surface area contributed by atoms with E-state index in [1.165, 1.54) is 7.11 Å². The van der Waals surface area contributed by atoms with Gasteiger partial charge in [0.05, 0.1) is 12.2 Å². The zero-order valence-corrected chi connectivity index (χ0v) is 11.8. The smallest absolute Gasteiger partial charge is 0.334 e. The molecule has 1 heterocycles. The molecule has 0 saturated heterocycles. The number of carboxylic acids is 1. The van der Waals surface area contributed by atoms with Crippen LogP contribution >= 0.6 is 0 Å². The van der Waals surface area contributed by atoms with Crippen LogP contribution in [0.5, 0.6) is 0 Å². The quantitative estimate of drug-likeness (QED) is 0.647. The number of amides is 2. The highest BCUT2D eigenvalue weighted by molar-refractivity contribution is 5.76. The van der Waals surface area contributed by atoms with Gasteiger partial charge in [-0.3, -0.25) is 4.68 Å². The van der Waals surface area contributed by atoms with E-state index in [1.807, 2.05) is 20.2 Å². The minimum absolute atomic E-state index is 0.0919. The monoisotopic (exact) mass is 284 g/mol. The van der Waals surface area contributed by atoms with Crippen molar-refractivity contribution >= 4 is 12.0 Å². The standard InChI is InChI=1S/C12H20N4O4/c1-4-9-8(7-16(2)15-9)5-13-12(19)14-6-10(20-3)11(17)18/h7,10H,4-6H2,1-3H3,(H,17,18)(H2,13,14,19). The Morgan fingerprint density at radius 3 is 2.75 bits per heavy atom. The molecule has 3 N–H and O–H groups in total. The van der Waals surface area contributed by atoms with Crippen LogP contribution in [0.15, 0.2) is 6.20 Å². The number of hydrogen-bond acceptors (Lipinski definition) is 4. The van der Waals surface area contributed by atoms with Crippen molar-refractivity contribution in [3.05, 3.63) is 17.5 Å². The number of rotatable bonds is 7. The summed E-state index contributed by atoms with van der Waals surface area (Å²) in [5.41, 5.74) is 1.86. The third-order valence-corrected chi connectivity index (χ3v) is 2.77. The van der Waals surface area contributed by atoms with Gasteiger partial charge in [-0.15, -0.1) is 0 Å². The van der Waals surface area contributed by atoms with Gasteiger partial charge in [0, 0.05) is 32.5 Å². The van der Waals surface area contributed by atoms with Gasteiger partial charge in [0.2, 0.25) is 0 Å². The Labute approximate surface area is 117 Å². The van der Waals surface area contributed by atoms with Gasteiger partial charge in [0.15, 0.2) is 6.10 Å². The molecule has 8 heteroatoms. The van der Waals surface area contributed by atoms with E-state index in [0.29, 0.717) is 6.54 Å². The second kappa shape index (κ2) is 7.49. The van der Waals surface area contributed by atoms with E-state index in [1.54, 1.807) is 4.68 Å². The average Bonchev–Trinajstić information content (AvgIpc) is 2.77. The fraction of sp³-hybridized carbons (Fsp3) is 0.583. The number of methoxy groups -OCH3 is 1. The summed E-state index contributed by atoms with van der Waals surface area (Å²) in [6.45, 7) is 2.24. The van der Waals surface area contributed by atoms with E-state index in [2.05, 4.69) is 15.7 Å². The number of urea groups is 1. The molecule has 0 aliphatic rings. The first-order valence-electron chi connectivity index (χ1n) is 6.26. The molecule has 1 aromatic heterocycles. The molecule has 0 aliphatic carbocycles. The van der Waals surface area contributed by atoms with Crippen LogP contribution < -0.4 is 10.6 Å². The van der Waals surface area contributed by atoms with Gasteiger partial charge >= 0.3 is 12.0 Å². The molecule has 0 bridgehead atoms. The number of aliphatic carboxylic acids is 1. The maximum atomic E-state index is 11.6. The van der Waals surface area contributed by atoms with Crippen molar-refractivity contribution in [1.82, 2.24) is 20.4 Å². The predicted octanol–water partition coefficient (Wildman–Crippen LogP) is -0.119. The highest BCUT2D eigenvalue weighted by Gasteiger charge is 2.17. The van der Waals surface area contributed by atoms with E-state index < -0.39 is 18.1 Å². The highest BCUT2D eigenvalue weighted by Crippen LogP contribution is 2.06. The van der Waals surface area contributed by atoms with E-state index in [4.69, 9.17) is 9.84 Å². The normalized spacial score (nSPS) is 11.9. The van der Waals surface area contributed by atoms with Crippen LogP contribution in [-0.2, 0) is 29.5 Å². The number of carbonyl (C=O) groups is 2. The van der Waals surface area contributed by atoms with Gasteiger partial charge in [-0.05, 0) is 6.42 Å². The molecule has 1 atom stereocenters. The maximum absolute atomic E-state index is 11.6. The molecule has 1 aromatic rings. The number of aryl methyl sites for hydroxylation is 2. The van der Waals surface area contributed by atoms with E-state index >= 15 is 0 Å². The van der Waals surface area contributed by atoms with Crippen molar-refractivity contribution in [1.29, 1.82) is 0 Å². The lowest BCUT2D eigenvalue weighted by Crippen LogP contribution is -2.42. The first-order chi connectivity index (χ1) is 9.47. The van der Waals surface area contributed by atoms with Gasteiger partial charge in [-0.2, -0.15) is 5.10 Å². The molecule has 0 radical (unpaired) electrons. The number of nitrogens with one attached hydrogen (secondary N) is 2. The Kier molecular flexibility index (Phi) is 5.98. The predicted molar refractivity (Wildman–Crippen MR) is 71.3 cm³/mol. The lowest BCUT2D eigenvalue weighted by molar-refractivity contribution is -0.147. The van der Waals surface area contributed by atoms with Gasteiger partial charge in [0.1, 0.15) is 0 Å². The minimum Gasteiger partial charge on any atom is -0.479 e. The number of nitrogens with zero attached hydrogens (tertiary/aromatic N) is 2. The molecule has 0 saturated carbocycles. The van der Waals surface area contributed by atoms with Gasteiger partial charge in [0.25, 0.3) is 0 Å². The maximum Gasteiger partial charge on any atom is 0.334 e. The third-order valence-electron chi connectivity index (χ3n) is 2.77. The molecule has 0 aromatic carbocycles. The molecule has 1 unspecified atom stereocenters. The Hall–Kier alpha value is -2.09. The Morgan fingerprint density at radius 1 is 1.50 bits per heavy atom. The summed E-state index contributed by atoms with van der Waals surface area (Å²) in [4.78, 5) is 22.3. The highest BCUT2D eigenvalue weighted by atomic mass is 16.5. The number of hydrogen-bond donors (Lipinski definition) is 3. The third kappa shape index (κ3) is 4.54. The summed E-state index contributed by atoms with van der Waals surface area (Å²) in [5, 5.41) is 18.1. The van der Waals surface area contributed by atoms with E-state index in [0.717, 1.165) is 17.7 Å². The first-order valence-corrected chi connectivity index (χ1v) is 6.26. The van der Waals surface area contributed by atoms with Gasteiger partial charge in [-0.25, -0.2) is 9.59 Å². The summed E-state index contributed by atoms with van der Waals surface area (Å²) in [6, 6.07) is -0.445. The average molecular weight is 284 g/mol. The molecule has 0 fully saturated rings. The Morgan fingerprint density at radius 2 is 2.20 bits per heavy atom. The molecule has 2 amide bonds. The number of aromatic nitrogens is 2. The van der Waals surface area contributed by atoms with Crippen LogP contribution in [0.3, 0.4) is 0 Å². The Bertz CT molecular complexity index is 472. The minimum atomic E-state index is -1.12. The van der Waals surface area contributed by atoms with E-state index in [-0.39, 0.29) is 6.54 Å². The van der Waals surface area contributed by atoms with Crippen LogP contribution in [0.4, 0.5) is 4.79 Å². The summed E-state index contributed by atoms with van der Waals surface area (Å²) in [7, 11) is 3.10. The lowest BCUT2D eigenvalue weighted by Gasteiger charge is -2.12. The SMILES string of the molecule is CCc1nn(C)cc1CNC(=O)NCC(OC)C(=O)O. The first kappa shape index (κ1) is 16.0. The summed E-state index contributed by atoms with van der Waals surface area (Å²) >= 11 is 0. The number of carbonyl (C=O) groups excluding carboxylic acids is 1. The van der Waals surface area contributed by atoms with Crippen molar-refractivity contribution in [2.24, 2.45) is 7.05 Å². The molecule has 8 nitrogen and oxygen atoms in total. The molecular weight excluding hydrogens is 264 g/mol. The van der Waals surface area contributed by atoms with Crippen LogP contribution in [0.2, 0.25) is 0 Å². The molecule has 1 rings (SSSR count).